The van der Waals surface area contributed by atoms with Crippen LogP contribution in [-0.4, -0.2) is 12.6 Å². The van der Waals surface area contributed by atoms with E-state index < -0.39 is 0 Å². The second-order valence-electron chi connectivity index (χ2n) is 7.74. The fourth-order valence-corrected chi connectivity index (χ4v) is 3.34. The van der Waals surface area contributed by atoms with E-state index in [-0.39, 0.29) is 5.97 Å². The minimum Gasteiger partial charge on any atom is -0.465 e. The average molecular weight is 376 g/mol. The van der Waals surface area contributed by atoms with Gasteiger partial charge in [0.1, 0.15) is 0 Å². The summed E-state index contributed by atoms with van der Waals surface area (Å²) < 4.78 is 5.31. The molecule has 27 heavy (non-hydrogen) atoms. The van der Waals surface area contributed by atoms with E-state index in [1.807, 2.05) is 24.3 Å². The van der Waals surface area contributed by atoms with Gasteiger partial charge in [-0.05, 0) is 24.1 Å². The molecule has 3 nitrogen and oxygen atoms in total. The zero-order valence-electron chi connectivity index (χ0n) is 17.5. The van der Waals surface area contributed by atoms with Gasteiger partial charge in [0.2, 0.25) is 0 Å². The number of hydrogen-bond donors (Lipinski definition) is 1. The van der Waals surface area contributed by atoms with Gasteiger partial charge in [0.15, 0.2) is 0 Å². The molecule has 0 aromatic heterocycles. The van der Waals surface area contributed by atoms with Crippen molar-refractivity contribution in [2.75, 3.05) is 12.3 Å². The van der Waals surface area contributed by atoms with Crippen molar-refractivity contribution in [3.05, 3.63) is 29.8 Å². The van der Waals surface area contributed by atoms with Crippen LogP contribution in [0.25, 0.3) is 0 Å². The number of benzene rings is 1. The maximum absolute atomic E-state index is 11.8. The van der Waals surface area contributed by atoms with Gasteiger partial charge in [0.25, 0.3) is 0 Å². The SMILES string of the molecule is CCCCCCCCCCCCCCCCOC(=O)Cc1ccc(N)cc1. The molecule has 0 saturated heterocycles. The van der Waals surface area contributed by atoms with Gasteiger partial charge in [-0.15, -0.1) is 0 Å². The summed E-state index contributed by atoms with van der Waals surface area (Å²) in [6.45, 7) is 2.82. The number of nitrogens with two attached hydrogens (primary N) is 1. The molecular formula is C24H41NO2. The first-order valence-electron chi connectivity index (χ1n) is 11.2. The first-order valence-corrected chi connectivity index (χ1v) is 11.2. The summed E-state index contributed by atoms with van der Waals surface area (Å²) in [5, 5.41) is 0. The van der Waals surface area contributed by atoms with Crippen LogP contribution >= 0.6 is 0 Å². The van der Waals surface area contributed by atoms with E-state index in [4.69, 9.17) is 10.5 Å². The van der Waals surface area contributed by atoms with Crippen LogP contribution in [0.2, 0.25) is 0 Å². The number of esters is 1. The Morgan fingerprint density at radius 2 is 1.19 bits per heavy atom. The Balaban J connectivity index is 1.81. The third kappa shape index (κ3) is 14.2. The van der Waals surface area contributed by atoms with Crippen molar-refractivity contribution in [2.45, 2.75) is 103 Å². The minimum absolute atomic E-state index is 0.144. The molecule has 0 aliphatic rings. The number of nitrogen functional groups attached to an aromatic ring is 1. The van der Waals surface area contributed by atoms with Crippen LogP contribution in [0.3, 0.4) is 0 Å². The van der Waals surface area contributed by atoms with Crippen molar-refractivity contribution in [3.63, 3.8) is 0 Å². The number of carbonyl (C=O) groups is 1. The lowest BCUT2D eigenvalue weighted by molar-refractivity contribution is -0.142. The second-order valence-corrected chi connectivity index (χ2v) is 7.74. The van der Waals surface area contributed by atoms with Crippen LogP contribution < -0.4 is 5.73 Å². The fourth-order valence-electron chi connectivity index (χ4n) is 3.34. The number of unbranched alkanes of at least 4 members (excludes halogenated alkanes) is 13. The van der Waals surface area contributed by atoms with Crippen LogP contribution in [0.4, 0.5) is 5.69 Å². The largest absolute Gasteiger partial charge is 0.465 e. The van der Waals surface area contributed by atoms with Gasteiger partial charge in [0.05, 0.1) is 13.0 Å². The molecule has 0 aliphatic heterocycles. The zero-order chi connectivity index (χ0) is 19.6. The van der Waals surface area contributed by atoms with E-state index in [1.54, 1.807) is 0 Å². The van der Waals surface area contributed by atoms with Gasteiger partial charge >= 0.3 is 5.97 Å². The Morgan fingerprint density at radius 3 is 1.67 bits per heavy atom. The Labute approximate surface area is 167 Å². The summed E-state index contributed by atoms with van der Waals surface area (Å²) in [5.41, 5.74) is 7.31. The lowest BCUT2D eigenvalue weighted by Gasteiger charge is -2.06. The smallest absolute Gasteiger partial charge is 0.310 e. The lowest BCUT2D eigenvalue weighted by atomic mass is 10.0. The van der Waals surface area contributed by atoms with Gasteiger partial charge in [-0.3, -0.25) is 4.79 Å². The van der Waals surface area contributed by atoms with Crippen molar-refractivity contribution in [3.8, 4) is 0 Å². The summed E-state index contributed by atoms with van der Waals surface area (Å²) >= 11 is 0. The molecule has 0 amide bonds. The molecule has 0 atom stereocenters. The number of ether oxygens (including phenoxy) is 1. The number of anilines is 1. The van der Waals surface area contributed by atoms with Crippen molar-refractivity contribution < 1.29 is 9.53 Å². The van der Waals surface area contributed by atoms with E-state index in [9.17, 15) is 4.79 Å². The highest BCUT2D eigenvalue weighted by Crippen LogP contribution is 2.13. The Morgan fingerprint density at radius 1 is 0.741 bits per heavy atom. The molecule has 0 saturated carbocycles. The van der Waals surface area contributed by atoms with Crippen molar-refractivity contribution in [1.29, 1.82) is 0 Å². The van der Waals surface area contributed by atoms with E-state index >= 15 is 0 Å². The molecule has 0 fully saturated rings. The maximum atomic E-state index is 11.8. The van der Waals surface area contributed by atoms with Crippen LogP contribution in [0.5, 0.6) is 0 Å². The molecule has 0 radical (unpaired) electrons. The van der Waals surface area contributed by atoms with Crippen molar-refractivity contribution >= 4 is 11.7 Å². The number of carbonyl (C=O) groups excluding carboxylic acids is 1. The molecule has 2 N–H and O–H groups in total. The molecule has 0 bridgehead atoms. The van der Waals surface area contributed by atoms with Gasteiger partial charge in [-0.2, -0.15) is 0 Å². The molecule has 3 heteroatoms. The molecule has 154 valence electrons. The van der Waals surface area contributed by atoms with E-state index in [0.29, 0.717) is 13.0 Å². The van der Waals surface area contributed by atoms with Crippen LogP contribution in [0.1, 0.15) is 102 Å². The number of hydrogen-bond acceptors (Lipinski definition) is 3. The minimum atomic E-state index is -0.144. The van der Waals surface area contributed by atoms with Gasteiger partial charge in [-0.25, -0.2) is 0 Å². The standard InChI is InChI=1S/C24H41NO2/c1-2-3-4-5-6-7-8-9-10-11-12-13-14-15-20-27-24(26)21-22-16-18-23(25)19-17-22/h16-19H,2-15,20-21,25H2,1H3. The van der Waals surface area contributed by atoms with E-state index in [2.05, 4.69) is 6.92 Å². The Bertz CT molecular complexity index is 470. The third-order valence-electron chi connectivity index (χ3n) is 5.09. The van der Waals surface area contributed by atoms with Gasteiger partial charge < -0.3 is 10.5 Å². The van der Waals surface area contributed by atoms with Crippen LogP contribution in [-0.2, 0) is 16.0 Å². The monoisotopic (exact) mass is 375 g/mol. The highest BCUT2D eigenvalue weighted by Gasteiger charge is 2.04. The van der Waals surface area contributed by atoms with Crippen molar-refractivity contribution in [2.24, 2.45) is 0 Å². The quantitative estimate of drug-likeness (QED) is 0.184. The van der Waals surface area contributed by atoms with E-state index in [0.717, 1.165) is 24.1 Å². The van der Waals surface area contributed by atoms with Crippen LogP contribution in [0.15, 0.2) is 24.3 Å². The Hall–Kier alpha value is -1.51. The van der Waals surface area contributed by atoms with E-state index in [1.165, 1.54) is 77.0 Å². The average Bonchev–Trinajstić information content (AvgIpc) is 2.66. The topological polar surface area (TPSA) is 52.3 Å². The maximum Gasteiger partial charge on any atom is 0.310 e. The highest BCUT2D eigenvalue weighted by molar-refractivity contribution is 5.72. The normalized spacial score (nSPS) is 10.9. The predicted molar refractivity (Wildman–Crippen MR) is 116 cm³/mol. The van der Waals surface area contributed by atoms with Crippen LogP contribution in [0, 0.1) is 0 Å². The predicted octanol–water partition coefficient (Wildman–Crippen LogP) is 6.84. The highest BCUT2D eigenvalue weighted by atomic mass is 16.5. The fraction of sp³-hybridized carbons (Fsp3) is 0.708. The second kappa shape index (κ2) is 16.6. The summed E-state index contributed by atoms with van der Waals surface area (Å²) in [7, 11) is 0. The summed E-state index contributed by atoms with van der Waals surface area (Å²) in [6, 6.07) is 7.39. The third-order valence-corrected chi connectivity index (χ3v) is 5.09. The molecule has 0 aliphatic carbocycles. The van der Waals surface area contributed by atoms with Crippen molar-refractivity contribution in [1.82, 2.24) is 0 Å². The molecule has 0 unspecified atom stereocenters. The summed E-state index contributed by atoms with van der Waals surface area (Å²) in [6.07, 6.45) is 19.0. The molecular weight excluding hydrogens is 334 g/mol. The van der Waals surface area contributed by atoms with Gasteiger partial charge in [0, 0.05) is 5.69 Å². The first-order chi connectivity index (χ1) is 13.2. The summed E-state index contributed by atoms with van der Waals surface area (Å²) in [4.78, 5) is 11.8. The molecule has 1 rings (SSSR count). The lowest BCUT2D eigenvalue weighted by Crippen LogP contribution is -2.09. The Kier molecular flexibility index (Phi) is 14.5. The summed E-state index contributed by atoms with van der Waals surface area (Å²) in [5.74, 6) is -0.144. The zero-order valence-corrected chi connectivity index (χ0v) is 17.5. The molecule has 1 aromatic carbocycles. The molecule has 1 aromatic rings. The van der Waals surface area contributed by atoms with Gasteiger partial charge in [-0.1, -0.05) is 103 Å². The number of rotatable bonds is 17. The molecule has 0 heterocycles. The first kappa shape index (κ1) is 23.5. The molecule has 0 spiro atoms.